The van der Waals surface area contributed by atoms with Crippen molar-refractivity contribution < 1.29 is 27.8 Å². The molecule has 0 aromatic heterocycles. The molecule has 1 aliphatic rings. The Kier molecular flexibility index (Phi) is 6.80. The number of benzene rings is 1. The molecule has 0 radical (unpaired) electrons. The minimum atomic E-state index is -3.73. The molecule has 25 heavy (non-hydrogen) atoms. The summed E-state index contributed by atoms with van der Waals surface area (Å²) in [6.07, 6.45) is 1.04. The first-order valence-electron chi connectivity index (χ1n) is 8.43. The maximum absolute atomic E-state index is 12.8. The van der Waals surface area contributed by atoms with Crippen LogP contribution in [0.5, 0.6) is 5.75 Å². The Morgan fingerprint density at radius 3 is 2.56 bits per heavy atom. The van der Waals surface area contributed by atoms with Crippen LogP contribution in [0.15, 0.2) is 29.2 Å². The van der Waals surface area contributed by atoms with Gasteiger partial charge in [-0.1, -0.05) is 0 Å². The number of carboxylic acids is 1. The number of carboxylic acid groups (broad SMARTS) is 1. The number of carbonyl (C=O) groups is 1. The Morgan fingerprint density at radius 1 is 1.28 bits per heavy atom. The second kappa shape index (κ2) is 8.64. The molecule has 1 saturated heterocycles. The van der Waals surface area contributed by atoms with Crippen LogP contribution in [-0.4, -0.2) is 56.2 Å². The van der Waals surface area contributed by atoms with E-state index < -0.39 is 28.0 Å². The first-order chi connectivity index (χ1) is 11.9. The van der Waals surface area contributed by atoms with Gasteiger partial charge in [0.1, 0.15) is 12.4 Å². The lowest BCUT2D eigenvalue weighted by atomic mass is 9.92. The summed E-state index contributed by atoms with van der Waals surface area (Å²) in [6.45, 7) is 5.37. The van der Waals surface area contributed by atoms with Crippen LogP contribution in [0.2, 0.25) is 0 Å². The largest absolute Gasteiger partial charge is 0.491 e. The molecule has 0 spiro atoms. The Bertz CT molecular complexity index is 673. The van der Waals surface area contributed by atoms with Gasteiger partial charge in [-0.15, -0.1) is 0 Å². The van der Waals surface area contributed by atoms with Gasteiger partial charge in [0.15, 0.2) is 0 Å². The molecule has 8 heteroatoms. The summed E-state index contributed by atoms with van der Waals surface area (Å²) in [7, 11) is -3.73. The molecule has 0 aliphatic carbocycles. The minimum Gasteiger partial charge on any atom is -0.491 e. The van der Waals surface area contributed by atoms with E-state index in [2.05, 4.69) is 0 Å². The lowest BCUT2D eigenvalue weighted by Gasteiger charge is -2.36. The fourth-order valence-corrected chi connectivity index (χ4v) is 4.69. The number of aliphatic carboxylic acids is 1. The number of ether oxygens (including phenoxy) is 2. The summed E-state index contributed by atoms with van der Waals surface area (Å²) in [5.41, 5.74) is 0. The zero-order valence-electron chi connectivity index (χ0n) is 14.6. The zero-order valence-corrected chi connectivity index (χ0v) is 15.4. The average Bonchev–Trinajstić information content (AvgIpc) is 2.59. The lowest BCUT2D eigenvalue weighted by molar-refractivity contribution is -0.144. The molecule has 1 N–H and O–H groups in total. The van der Waals surface area contributed by atoms with E-state index in [0.29, 0.717) is 45.0 Å². The molecule has 1 fully saturated rings. The second-order valence-corrected chi connectivity index (χ2v) is 7.85. The van der Waals surface area contributed by atoms with Crippen LogP contribution in [0.1, 0.15) is 26.7 Å². The minimum absolute atomic E-state index is 0.141. The molecule has 1 heterocycles. The van der Waals surface area contributed by atoms with E-state index in [1.54, 1.807) is 19.1 Å². The Morgan fingerprint density at radius 2 is 1.96 bits per heavy atom. The van der Waals surface area contributed by atoms with Crippen LogP contribution in [-0.2, 0) is 19.6 Å². The quantitative estimate of drug-likeness (QED) is 0.703. The Labute approximate surface area is 148 Å². The highest BCUT2D eigenvalue weighted by atomic mass is 32.2. The van der Waals surface area contributed by atoms with Crippen molar-refractivity contribution in [1.82, 2.24) is 4.31 Å². The van der Waals surface area contributed by atoms with Gasteiger partial charge in [0.2, 0.25) is 10.0 Å². The molecule has 2 rings (SSSR count). The number of nitrogens with zero attached hydrogens (tertiary/aromatic N) is 1. The maximum atomic E-state index is 12.8. The predicted octanol–water partition coefficient (Wildman–Crippen LogP) is 1.98. The van der Waals surface area contributed by atoms with E-state index in [1.165, 1.54) is 16.4 Å². The molecule has 1 aromatic carbocycles. The van der Waals surface area contributed by atoms with Gasteiger partial charge < -0.3 is 14.6 Å². The third-order valence-electron chi connectivity index (χ3n) is 4.38. The SMILES string of the molecule is CCOCCOc1ccc(S(=O)(=O)N2CCC[C@H](C(=O)O)[C@@H]2C)cc1. The second-order valence-electron chi connectivity index (χ2n) is 5.96. The molecule has 0 unspecified atom stereocenters. The molecule has 2 atom stereocenters. The van der Waals surface area contributed by atoms with Crippen LogP contribution in [0.25, 0.3) is 0 Å². The fourth-order valence-electron chi connectivity index (χ4n) is 2.99. The summed E-state index contributed by atoms with van der Waals surface area (Å²) in [5.74, 6) is -1.07. The van der Waals surface area contributed by atoms with Crippen molar-refractivity contribution in [3.8, 4) is 5.75 Å². The molecular weight excluding hydrogens is 346 g/mol. The third-order valence-corrected chi connectivity index (χ3v) is 6.38. The van der Waals surface area contributed by atoms with Gasteiger partial charge >= 0.3 is 5.97 Å². The number of hydrogen-bond donors (Lipinski definition) is 1. The number of hydrogen-bond acceptors (Lipinski definition) is 5. The van der Waals surface area contributed by atoms with Gasteiger partial charge in [0, 0.05) is 19.2 Å². The molecule has 140 valence electrons. The lowest BCUT2D eigenvalue weighted by Crippen LogP contribution is -2.48. The standard InChI is InChI=1S/C17H25NO6S/c1-3-23-11-12-24-14-6-8-15(9-7-14)25(21,22)18-10-4-5-16(13(18)2)17(19)20/h6-9,13,16H,3-5,10-12H2,1-2H3,(H,19,20)/t13-,16-/m0/s1. The predicted molar refractivity (Wildman–Crippen MR) is 92.1 cm³/mol. The van der Waals surface area contributed by atoms with Gasteiger partial charge in [-0.2, -0.15) is 4.31 Å². The summed E-state index contributed by atoms with van der Waals surface area (Å²) in [4.78, 5) is 11.5. The monoisotopic (exact) mass is 371 g/mol. The van der Waals surface area contributed by atoms with Crippen molar-refractivity contribution in [2.75, 3.05) is 26.4 Å². The number of piperidine rings is 1. The van der Waals surface area contributed by atoms with Crippen molar-refractivity contribution in [3.05, 3.63) is 24.3 Å². The third kappa shape index (κ3) is 4.71. The highest BCUT2D eigenvalue weighted by Gasteiger charge is 2.39. The van der Waals surface area contributed by atoms with E-state index in [0.717, 1.165) is 0 Å². The molecule has 1 aliphatic heterocycles. The van der Waals surface area contributed by atoms with Crippen LogP contribution in [0.4, 0.5) is 0 Å². The van der Waals surface area contributed by atoms with Crippen molar-refractivity contribution >= 4 is 16.0 Å². The van der Waals surface area contributed by atoms with Crippen molar-refractivity contribution in [3.63, 3.8) is 0 Å². The van der Waals surface area contributed by atoms with Crippen LogP contribution in [0.3, 0.4) is 0 Å². The highest BCUT2D eigenvalue weighted by Crippen LogP contribution is 2.30. The van der Waals surface area contributed by atoms with Crippen molar-refractivity contribution in [2.45, 2.75) is 37.6 Å². The molecule has 0 bridgehead atoms. The zero-order chi connectivity index (χ0) is 18.4. The smallest absolute Gasteiger partial charge is 0.308 e. The molecular formula is C17H25NO6S. The van der Waals surface area contributed by atoms with Gasteiger partial charge in [0.05, 0.1) is 17.4 Å². The summed E-state index contributed by atoms with van der Waals surface area (Å²) in [5, 5.41) is 9.27. The molecule has 7 nitrogen and oxygen atoms in total. The van der Waals surface area contributed by atoms with E-state index in [4.69, 9.17) is 9.47 Å². The summed E-state index contributed by atoms with van der Waals surface area (Å²) >= 11 is 0. The Balaban J connectivity index is 2.09. The molecule has 1 aromatic rings. The van der Waals surface area contributed by atoms with E-state index >= 15 is 0 Å². The van der Waals surface area contributed by atoms with E-state index in [9.17, 15) is 18.3 Å². The van der Waals surface area contributed by atoms with Crippen molar-refractivity contribution in [2.24, 2.45) is 5.92 Å². The van der Waals surface area contributed by atoms with E-state index in [1.807, 2.05) is 6.92 Å². The number of rotatable bonds is 8. The number of sulfonamides is 1. The maximum Gasteiger partial charge on any atom is 0.308 e. The van der Waals surface area contributed by atoms with Crippen LogP contribution >= 0.6 is 0 Å². The topological polar surface area (TPSA) is 93.1 Å². The highest BCUT2D eigenvalue weighted by molar-refractivity contribution is 7.89. The van der Waals surface area contributed by atoms with Gasteiger partial charge in [-0.3, -0.25) is 4.79 Å². The van der Waals surface area contributed by atoms with E-state index in [-0.39, 0.29) is 4.90 Å². The van der Waals surface area contributed by atoms with Crippen molar-refractivity contribution in [1.29, 1.82) is 0 Å². The van der Waals surface area contributed by atoms with Crippen LogP contribution < -0.4 is 4.74 Å². The van der Waals surface area contributed by atoms with Gasteiger partial charge in [-0.05, 0) is 51.0 Å². The Hall–Kier alpha value is -1.64. The fraction of sp³-hybridized carbons (Fsp3) is 0.588. The van der Waals surface area contributed by atoms with Crippen LogP contribution in [0, 0.1) is 5.92 Å². The molecule has 0 saturated carbocycles. The average molecular weight is 371 g/mol. The molecule has 0 amide bonds. The van der Waals surface area contributed by atoms with Gasteiger partial charge in [0.25, 0.3) is 0 Å². The van der Waals surface area contributed by atoms with Gasteiger partial charge in [-0.25, -0.2) is 8.42 Å². The first-order valence-corrected chi connectivity index (χ1v) is 9.87. The normalized spacial score (nSPS) is 21.8. The summed E-state index contributed by atoms with van der Waals surface area (Å²) in [6, 6.07) is 5.60. The first kappa shape index (κ1) is 19.7. The summed E-state index contributed by atoms with van der Waals surface area (Å²) < 4.78 is 37.6.